The summed E-state index contributed by atoms with van der Waals surface area (Å²) in [4.78, 5) is 14.1. The SMILES string of the molecule is COC(OC)C1CCN(c2ccc(C3=C(C4=CCCCC4)CCCc4cc(C(=O)O)ccc43)cc2)CC1. The van der Waals surface area contributed by atoms with Gasteiger partial charge in [-0.2, -0.15) is 0 Å². The fraction of sp³-hybridized carbons (Fsp3) is 0.469. The van der Waals surface area contributed by atoms with Crippen LogP contribution in [0.25, 0.3) is 5.57 Å². The quantitative estimate of drug-likeness (QED) is 0.420. The standard InChI is InChI=1S/C32H39NO4/c1-36-32(37-2)24-17-19-33(20-18-24)27-14-11-23(12-15-27)30-28(22-7-4-3-5-8-22)10-6-9-25-21-26(31(34)35)13-16-29(25)30/h7,11-16,21,24,32H,3-6,8-10,17-20H2,1-2H3,(H,34,35). The summed E-state index contributed by atoms with van der Waals surface area (Å²) >= 11 is 0. The highest BCUT2D eigenvalue weighted by Crippen LogP contribution is 2.41. The third kappa shape index (κ3) is 5.53. The van der Waals surface area contributed by atoms with Crippen LogP contribution in [-0.4, -0.2) is 44.7 Å². The van der Waals surface area contributed by atoms with E-state index in [1.165, 1.54) is 46.4 Å². The highest BCUT2D eigenvalue weighted by molar-refractivity contribution is 5.91. The van der Waals surface area contributed by atoms with Crippen LogP contribution in [0.15, 0.2) is 59.7 Å². The number of piperidine rings is 1. The first-order valence-electron chi connectivity index (χ1n) is 13.8. The molecule has 37 heavy (non-hydrogen) atoms. The van der Waals surface area contributed by atoms with Crippen LogP contribution in [0, 0.1) is 5.92 Å². The maximum atomic E-state index is 11.7. The maximum Gasteiger partial charge on any atom is 0.335 e. The van der Waals surface area contributed by atoms with Crippen molar-refractivity contribution in [2.75, 3.05) is 32.2 Å². The number of fused-ring (bicyclic) bond motifs is 1. The van der Waals surface area contributed by atoms with Crippen molar-refractivity contribution in [2.24, 2.45) is 5.92 Å². The molecule has 1 heterocycles. The monoisotopic (exact) mass is 501 g/mol. The van der Waals surface area contributed by atoms with Crippen molar-refractivity contribution in [3.8, 4) is 0 Å². The van der Waals surface area contributed by atoms with Gasteiger partial charge >= 0.3 is 5.97 Å². The minimum absolute atomic E-state index is 0.124. The highest BCUT2D eigenvalue weighted by atomic mass is 16.7. The minimum atomic E-state index is -0.858. The van der Waals surface area contributed by atoms with Crippen LogP contribution >= 0.6 is 0 Å². The largest absolute Gasteiger partial charge is 0.478 e. The molecule has 3 aliphatic rings. The van der Waals surface area contributed by atoms with Crippen LogP contribution in [0.1, 0.15) is 78.4 Å². The Morgan fingerprint density at radius 3 is 2.35 bits per heavy atom. The first-order valence-corrected chi connectivity index (χ1v) is 13.8. The lowest BCUT2D eigenvalue weighted by molar-refractivity contribution is -0.141. The molecule has 0 radical (unpaired) electrons. The molecule has 2 aliphatic carbocycles. The molecule has 0 atom stereocenters. The molecule has 2 aromatic rings. The van der Waals surface area contributed by atoms with Crippen LogP contribution < -0.4 is 4.90 Å². The molecule has 2 aromatic carbocycles. The zero-order chi connectivity index (χ0) is 25.8. The van der Waals surface area contributed by atoms with E-state index in [4.69, 9.17) is 9.47 Å². The highest BCUT2D eigenvalue weighted by Gasteiger charge is 2.27. The number of aryl methyl sites for hydroxylation is 1. The van der Waals surface area contributed by atoms with Gasteiger partial charge < -0.3 is 19.5 Å². The van der Waals surface area contributed by atoms with Crippen molar-refractivity contribution < 1.29 is 19.4 Å². The van der Waals surface area contributed by atoms with Gasteiger partial charge in [-0.15, -0.1) is 0 Å². The Bertz CT molecular complexity index is 1170. The molecule has 1 fully saturated rings. The van der Waals surface area contributed by atoms with Crippen LogP contribution in [-0.2, 0) is 15.9 Å². The molecule has 0 amide bonds. The fourth-order valence-corrected chi connectivity index (χ4v) is 6.43. The Morgan fingerprint density at radius 2 is 1.70 bits per heavy atom. The van der Waals surface area contributed by atoms with Gasteiger partial charge in [0.2, 0.25) is 0 Å². The van der Waals surface area contributed by atoms with Crippen LogP contribution in [0.3, 0.4) is 0 Å². The van der Waals surface area contributed by atoms with Gasteiger partial charge in [0.1, 0.15) is 0 Å². The number of anilines is 1. The van der Waals surface area contributed by atoms with Crippen molar-refractivity contribution >= 4 is 17.2 Å². The van der Waals surface area contributed by atoms with Gasteiger partial charge in [-0.25, -0.2) is 4.79 Å². The number of allylic oxidation sites excluding steroid dienone is 3. The molecule has 1 N–H and O–H groups in total. The molecule has 0 unspecified atom stereocenters. The average molecular weight is 502 g/mol. The molecular formula is C32H39NO4. The predicted octanol–water partition coefficient (Wildman–Crippen LogP) is 6.86. The number of benzene rings is 2. The number of hydrogen-bond acceptors (Lipinski definition) is 4. The number of rotatable bonds is 7. The lowest BCUT2D eigenvalue weighted by atomic mass is 9.84. The zero-order valence-corrected chi connectivity index (χ0v) is 22.2. The molecule has 0 saturated carbocycles. The minimum Gasteiger partial charge on any atom is -0.478 e. The van der Waals surface area contributed by atoms with Crippen molar-refractivity contribution in [3.05, 3.63) is 81.9 Å². The Labute approximate surface area is 220 Å². The topological polar surface area (TPSA) is 59.0 Å². The average Bonchev–Trinajstić information content (AvgIpc) is 3.14. The van der Waals surface area contributed by atoms with Crippen LogP contribution in [0.4, 0.5) is 5.69 Å². The Kier molecular flexibility index (Phi) is 8.11. The maximum absolute atomic E-state index is 11.7. The van der Waals surface area contributed by atoms with Gasteiger partial charge in [0, 0.05) is 38.9 Å². The Balaban J connectivity index is 1.47. The van der Waals surface area contributed by atoms with E-state index in [0.717, 1.165) is 63.6 Å². The number of carboxylic acid groups (broad SMARTS) is 1. The Morgan fingerprint density at radius 1 is 0.946 bits per heavy atom. The van der Waals surface area contributed by atoms with E-state index in [2.05, 4.69) is 35.2 Å². The second-order valence-electron chi connectivity index (χ2n) is 10.6. The van der Waals surface area contributed by atoms with E-state index < -0.39 is 5.97 Å². The number of ether oxygens (including phenoxy) is 2. The van der Waals surface area contributed by atoms with Gasteiger partial charge in [0.15, 0.2) is 6.29 Å². The summed E-state index contributed by atoms with van der Waals surface area (Å²) in [6.45, 7) is 1.99. The van der Waals surface area contributed by atoms with Crippen molar-refractivity contribution in [1.82, 2.24) is 0 Å². The molecule has 196 valence electrons. The molecule has 5 nitrogen and oxygen atoms in total. The van der Waals surface area contributed by atoms with Crippen LogP contribution in [0.2, 0.25) is 0 Å². The zero-order valence-electron chi connectivity index (χ0n) is 22.2. The second kappa shape index (κ2) is 11.7. The van der Waals surface area contributed by atoms with Gasteiger partial charge in [-0.05, 0) is 115 Å². The normalized spacial score (nSPS) is 19.0. The molecule has 0 aromatic heterocycles. The van der Waals surface area contributed by atoms with Crippen molar-refractivity contribution in [1.29, 1.82) is 0 Å². The summed E-state index contributed by atoms with van der Waals surface area (Å²) in [5.74, 6) is -0.427. The lowest BCUT2D eigenvalue weighted by Gasteiger charge is -2.36. The number of methoxy groups -OCH3 is 2. The molecule has 0 bridgehead atoms. The van der Waals surface area contributed by atoms with Gasteiger partial charge in [-0.1, -0.05) is 24.3 Å². The summed E-state index contributed by atoms with van der Waals surface area (Å²) in [7, 11) is 3.44. The van der Waals surface area contributed by atoms with E-state index >= 15 is 0 Å². The number of aromatic carboxylic acids is 1. The predicted molar refractivity (Wildman–Crippen MR) is 148 cm³/mol. The molecule has 5 rings (SSSR count). The molecule has 1 saturated heterocycles. The molecule has 1 aliphatic heterocycles. The number of carboxylic acids is 1. The van der Waals surface area contributed by atoms with E-state index in [9.17, 15) is 9.90 Å². The molecule has 0 spiro atoms. The van der Waals surface area contributed by atoms with E-state index in [-0.39, 0.29) is 6.29 Å². The Hall–Kier alpha value is -2.89. The smallest absolute Gasteiger partial charge is 0.335 e. The summed E-state index contributed by atoms with van der Waals surface area (Å²) < 4.78 is 11.0. The van der Waals surface area contributed by atoms with E-state index in [1.54, 1.807) is 20.3 Å². The van der Waals surface area contributed by atoms with Crippen LogP contribution in [0.5, 0.6) is 0 Å². The second-order valence-corrected chi connectivity index (χ2v) is 10.6. The number of hydrogen-bond donors (Lipinski definition) is 1. The summed E-state index contributed by atoms with van der Waals surface area (Å²) in [6.07, 6.45) is 12.2. The summed E-state index contributed by atoms with van der Waals surface area (Å²) in [5, 5.41) is 9.59. The van der Waals surface area contributed by atoms with Crippen molar-refractivity contribution in [3.63, 3.8) is 0 Å². The van der Waals surface area contributed by atoms with E-state index in [0.29, 0.717) is 11.5 Å². The number of nitrogens with zero attached hydrogens (tertiary/aromatic N) is 1. The summed E-state index contributed by atoms with van der Waals surface area (Å²) in [5.41, 5.74) is 9.45. The molecular weight excluding hydrogens is 462 g/mol. The van der Waals surface area contributed by atoms with Gasteiger partial charge in [0.05, 0.1) is 5.56 Å². The summed E-state index contributed by atoms with van der Waals surface area (Å²) in [6, 6.07) is 14.8. The van der Waals surface area contributed by atoms with Gasteiger partial charge in [-0.3, -0.25) is 0 Å². The lowest BCUT2D eigenvalue weighted by Crippen LogP contribution is -2.39. The number of carbonyl (C=O) groups is 1. The first-order chi connectivity index (χ1) is 18.1. The first kappa shape index (κ1) is 25.7. The molecule has 5 heteroatoms. The third-order valence-electron chi connectivity index (χ3n) is 8.39. The fourth-order valence-electron chi connectivity index (χ4n) is 6.43. The third-order valence-corrected chi connectivity index (χ3v) is 8.39. The van der Waals surface area contributed by atoms with Gasteiger partial charge in [0.25, 0.3) is 0 Å². The van der Waals surface area contributed by atoms with Crippen molar-refractivity contribution in [2.45, 2.75) is 64.1 Å². The van der Waals surface area contributed by atoms with E-state index in [1.807, 2.05) is 12.1 Å².